The molecule has 2 aromatic heterocycles. The van der Waals surface area contributed by atoms with Gasteiger partial charge in [-0.25, -0.2) is 4.98 Å². The van der Waals surface area contributed by atoms with Crippen LogP contribution < -0.4 is 11.5 Å². The molecule has 108 valence electrons. The summed E-state index contributed by atoms with van der Waals surface area (Å²) in [6.07, 6.45) is 1.97. The number of nitrogens with zero attached hydrogens (tertiary/aromatic N) is 4. The first-order chi connectivity index (χ1) is 10.7. The lowest BCUT2D eigenvalue weighted by molar-refractivity contribution is 0.696. The minimum Gasteiger partial charge on any atom is -0.383 e. The minimum absolute atomic E-state index is 0.182. The maximum atomic E-state index is 6.02. The molecule has 6 heteroatoms. The van der Waals surface area contributed by atoms with Gasteiger partial charge in [-0.3, -0.25) is 4.68 Å². The Kier molecular flexibility index (Phi) is 2.69. The second-order valence-corrected chi connectivity index (χ2v) is 5.17. The number of fused-ring (bicyclic) bond motifs is 3. The predicted octanol–water partition coefficient (Wildman–Crippen LogP) is 2.19. The van der Waals surface area contributed by atoms with Crippen LogP contribution in [0.1, 0.15) is 5.56 Å². The van der Waals surface area contributed by atoms with E-state index in [2.05, 4.69) is 27.2 Å². The number of benzene rings is 2. The smallest absolute Gasteiger partial charge is 0.222 e. The summed E-state index contributed by atoms with van der Waals surface area (Å²) in [5.74, 6) is 0.563. The van der Waals surface area contributed by atoms with E-state index in [0.29, 0.717) is 12.4 Å². The highest BCUT2D eigenvalue weighted by molar-refractivity contribution is 6.09. The fourth-order valence-electron chi connectivity index (χ4n) is 2.67. The monoisotopic (exact) mass is 290 g/mol. The maximum Gasteiger partial charge on any atom is 0.222 e. The summed E-state index contributed by atoms with van der Waals surface area (Å²) in [6, 6.07) is 14.0. The first kappa shape index (κ1) is 12.6. The van der Waals surface area contributed by atoms with Gasteiger partial charge in [-0.15, -0.1) is 0 Å². The van der Waals surface area contributed by atoms with Gasteiger partial charge < -0.3 is 11.5 Å². The normalized spacial score (nSPS) is 11.3. The fraction of sp³-hybridized carbons (Fsp3) is 0.0625. The Hall–Kier alpha value is -3.15. The minimum atomic E-state index is 0.182. The molecule has 6 nitrogen and oxygen atoms in total. The lowest BCUT2D eigenvalue weighted by Crippen LogP contribution is -2.00. The molecule has 0 bridgehead atoms. The highest BCUT2D eigenvalue weighted by Crippen LogP contribution is 2.27. The molecule has 0 aliphatic carbocycles. The highest BCUT2D eigenvalue weighted by Gasteiger charge is 2.11. The van der Waals surface area contributed by atoms with E-state index in [9.17, 15) is 0 Å². The van der Waals surface area contributed by atoms with Crippen LogP contribution in [0.5, 0.6) is 0 Å². The zero-order valence-electron chi connectivity index (χ0n) is 11.8. The van der Waals surface area contributed by atoms with E-state index in [4.69, 9.17) is 11.5 Å². The van der Waals surface area contributed by atoms with Crippen LogP contribution in [0, 0.1) is 0 Å². The van der Waals surface area contributed by atoms with Crippen molar-refractivity contribution in [2.24, 2.45) is 0 Å². The van der Waals surface area contributed by atoms with E-state index in [0.717, 1.165) is 21.8 Å². The standard InChI is InChI=1S/C16H14N6/c17-15-14-11-9-22(8-10-4-2-1-3-5-10)21-12(11)6-7-13(14)19-16(18)20-15/h1-7,9H,8H2,(H4,17,18,19,20). The Morgan fingerprint density at radius 1 is 0.909 bits per heavy atom. The molecule has 0 saturated carbocycles. The Morgan fingerprint density at radius 3 is 2.50 bits per heavy atom. The zero-order valence-corrected chi connectivity index (χ0v) is 11.8. The fourth-order valence-corrected chi connectivity index (χ4v) is 2.67. The Labute approximate surface area is 126 Å². The summed E-state index contributed by atoms with van der Waals surface area (Å²) in [4.78, 5) is 8.28. The molecule has 0 radical (unpaired) electrons. The molecule has 0 unspecified atom stereocenters. The molecule has 2 heterocycles. The summed E-state index contributed by atoms with van der Waals surface area (Å²) in [5.41, 5.74) is 14.5. The van der Waals surface area contributed by atoms with Gasteiger partial charge in [-0.05, 0) is 17.7 Å². The number of anilines is 2. The third-order valence-electron chi connectivity index (χ3n) is 3.63. The van der Waals surface area contributed by atoms with Gasteiger partial charge in [0, 0.05) is 11.6 Å². The largest absolute Gasteiger partial charge is 0.383 e. The molecule has 22 heavy (non-hydrogen) atoms. The third kappa shape index (κ3) is 2.01. The van der Waals surface area contributed by atoms with Gasteiger partial charge in [0.05, 0.1) is 23.0 Å². The van der Waals surface area contributed by atoms with Crippen LogP contribution in [-0.2, 0) is 6.54 Å². The van der Waals surface area contributed by atoms with Crippen LogP contribution in [0.3, 0.4) is 0 Å². The van der Waals surface area contributed by atoms with Gasteiger partial charge in [-0.2, -0.15) is 10.1 Å². The van der Waals surface area contributed by atoms with E-state index in [1.807, 2.05) is 41.2 Å². The molecule has 0 aliphatic rings. The van der Waals surface area contributed by atoms with Gasteiger partial charge in [-0.1, -0.05) is 30.3 Å². The van der Waals surface area contributed by atoms with E-state index >= 15 is 0 Å². The molecule has 2 aromatic carbocycles. The van der Waals surface area contributed by atoms with Crippen molar-refractivity contribution in [2.75, 3.05) is 11.5 Å². The summed E-state index contributed by atoms with van der Waals surface area (Å²) in [5, 5.41) is 6.33. The van der Waals surface area contributed by atoms with Gasteiger partial charge in [0.1, 0.15) is 5.82 Å². The molecule has 0 atom stereocenters. The van der Waals surface area contributed by atoms with Gasteiger partial charge in [0.15, 0.2) is 0 Å². The van der Waals surface area contributed by atoms with Crippen molar-refractivity contribution in [3.05, 3.63) is 54.2 Å². The van der Waals surface area contributed by atoms with Crippen molar-refractivity contribution < 1.29 is 0 Å². The Balaban J connectivity index is 1.88. The van der Waals surface area contributed by atoms with Gasteiger partial charge >= 0.3 is 0 Å². The second-order valence-electron chi connectivity index (χ2n) is 5.17. The summed E-state index contributed by atoms with van der Waals surface area (Å²) in [6.45, 7) is 0.701. The lowest BCUT2D eigenvalue weighted by Gasteiger charge is -2.02. The van der Waals surface area contributed by atoms with Crippen LogP contribution in [0.2, 0.25) is 0 Å². The summed E-state index contributed by atoms with van der Waals surface area (Å²) >= 11 is 0. The SMILES string of the molecule is Nc1nc(N)c2c(ccc3nn(Cc4ccccc4)cc32)n1. The highest BCUT2D eigenvalue weighted by atomic mass is 15.3. The number of nitrogen functional groups attached to an aromatic ring is 2. The van der Waals surface area contributed by atoms with E-state index in [1.54, 1.807) is 0 Å². The molecule has 0 spiro atoms. The van der Waals surface area contributed by atoms with Gasteiger partial charge in [0.25, 0.3) is 0 Å². The van der Waals surface area contributed by atoms with Crippen LogP contribution in [0.15, 0.2) is 48.7 Å². The van der Waals surface area contributed by atoms with Crippen molar-refractivity contribution in [3.8, 4) is 0 Å². The third-order valence-corrected chi connectivity index (χ3v) is 3.63. The Morgan fingerprint density at radius 2 is 1.68 bits per heavy atom. The first-order valence-electron chi connectivity index (χ1n) is 6.93. The number of hydrogen-bond acceptors (Lipinski definition) is 5. The van der Waals surface area contributed by atoms with Crippen LogP contribution in [0.4, 0.5) is 11.8 Å². The van der Waals surface area contributed by atoms with Crippen molar-refractivity contribution in [3.63, 3.8) is 0 Å². The van der Waals surface area contributed by atoms with Crippen molar-refractivity contribution in [1.82, 2.24) is 19.7 Å². The molecule has 4 N–H and O–H groups in total. The van der Waals surface area contributed by atoms with Crippen LogP contribution in [0.25, 0.3) is 21.8 Å². The molecule has 4 rings (SSSR count). The van der Waals surface area contributed by atoms with E-state index < -0.39 is 0 Å². The molecule has 0 amide bonds. The number of rotatable bonds is 2. The summed E-state index contributed by atoms with van der Waals surface area (Å²) in [7, 11) is 0. The average Bonchev–Trinajstić information content (AvgIpc) is 2.89. The Bertz CT molecular complexity index is 974. The summed E-state index contributed by atoms with van der Waals surface area (Å²) < 4.78 is 1.90. The van der Waals surface area contributed by atoms with Crippen molar-refractivity contribution in [2.45, 2.75) is 6.54 Å². The quantitative estimate of drug-likeness (QED) is 0.590. The average molecular weight is 290 g/mol. The first-order valence-corrected chi connectivity index (χ1v) is 6.93. The van der Waals surface area contributed by atoms with Crippen LogP contribution in [-0.4, -0.2) is 19.7 Å². The molecular formula is C16H14N6. The molecule has 4 aromatic rings. The predicted molar refractivity (Wildman–Crippen MR) is 87.2 cm³/mol. The second kappa shape index (κ2) is 4.70. The topological polar surface area (TPSA) is 95.6 Å². The number of aromatic nitrogens is 4. The maximum absolute atomic E-state index is 6.02. The molecule has 0 saturated heterocycles. The number of hydrogen-bond donors (Lipinski definition) is 2. The van der Waals surface area contributed by atoms with Crippen molar-refractivity contribution in [1.29, 1.82) is 0 Å². The molecule has 0 fully saturated rings. The zero-order chi connectivity index (χ0) is 15.1. The number of nitrogens with two attached hydrogens (primary N) is 2. The van der Waals surface area contributed by atoms with E-state index in [-0.39, 0.29) is 5.95 Å². The molecular weight excluding hydrogens is 276 g/mol. The molecule has 0 aliphatic heterocycles. The van der Waals surface area contributed by atoms with E-state index in [1.165, 1.54) is 5.56 Å². The lowest BCUT2D eigenvalue weighted by atomic mass is 10.1. The van der Waals surface area contributed by atoms with Crippen molar-refractivity contribution >= 4 is 33.6 Å². The van der Waals surface area contributed by atoms with Crippen LogP contribution >= 0.6 is 0 Å². The van der Waals surface area contributed by atoms with Gasteiger partial charge in [0.2, 0.25) is 5.95 Å².